The molecule has 106 valence electrons. The molecule has 0 amide bonds. The first kappa shape index (κ1) is 14.4. The third-order valence-electron chi connectivity index (χ3n) is 3.67. The molecule has 1 aromatic rings. The summed E-state index contributed by atoms with van der Waals surface area (Å²) >= 11 is 0. The van der Waals surface area contributed by atoms with Crippen LogP contribution in [0.25, 0.3) is 0 Å². The average Bonchev–Trinajstić information content (AvgIpc) is 2.86. The number of ether oxygens (including phenoxy) is 1. The van der Waals surface area contributed by atoms with E-state index in [9.17, 15) is 0 Å². The Labute approximate surface area is 116 Å². The zero-order chi connectivity index (χ0) is 13.5. The Hall–Kier alpha value is -1.06. The van der Waals surface area contributed by atoms with Gasteiger partial charge in [0.2, 0.25) is 0 Å². The van der Waals surface area contributed by atoms with Crippen molar-refractivity contribution in [1.82, 2.24) is 10.2 Å². The molecule has 1 aromatic carbocycles. The highest BCUT2D eigenvalue weighted by molar-refractivity contribution is 5.27. The highest BCUT2D eigenvalue weighted by Gasteiger charge is 2.21. The highest BCUT2D eigenvalue weighted by Crippen LogP contribution is 2.19. The van der Waals surface area contributed by atoms with Gasteiger partial charge in [0, 0.05) is 13.1 Å². The van der Waals surface area contributed by atoms with E-state index in [1.54, 1.807) is 0 Å². The molecule has 1 unspecified atom stereocenters. The number of hydrogen-bond acceptors (Lipinski definition) is 3. The van der Waals surface area contributed by atoms with Crippen LogP contribution in [-0.4, -0.2) is 38.2 Å². The predicted molar refractivity (Wildman–Crippen MR) is 79.5 cm³/mol. The molecule has 0 radical (unpaired) electrons. The lowest BCUT2D eigenvalue weighted by Gasteiger charge is -2.16. The fraction of sp³-hybridized carbons (Fsp3) is 0.625. The van der Waals surface area contributed by atoms with Gasteiger partial charge < -0.3 is 10.1 Å². The standard InChI is InChI=1S/C16H26N2O/c1-3-10-19-16-6-4-14(5-7-16)12-18-9-8-15(13-18)11-17-2/h4-7,15,17H,3,8-13H2,1-2H3. The summed E-state index contributed by atoms with van der Waals surface area (Å²) in [6.07, 6.45) is 2.38. The van der Waals surface area contributed by atoms with Crippen molar-refractivity contribution in [2.75, 3.05) is 33.3 Å². The minimum absolute atomic E-state index is 0.803. The van der Waals surface area contributed by atoms with Gasteiger partial charge in [0.05, 0.1) is 6.61 Å². The lowest BCUT2D eigenvalue weighted by molar-refractivity contribution is 0.311. The van der Waals surface area contributed by atoms with Crippen molar-refractivity contribution in [3.63, 3.8) is 0 Å². The molecule has 0 aliphatic carbocycles. The third kappa shape index (κ3) is 4.51. The van der Waals surface area contributed by atoms with E-state index in [0.717, 1.165) is 37.8 Å². The summed E-state index contributed by atoms with van der Waals surface area (Å²) in [6.45, 7) is 7.57. The maximum atomic E-state index is 5.61. The van der Waals surface area contributed by atoms with E-state index >= 15 is 0 Å². The maximum Gasteiger partial charge on any atom is 0.119 e. The zero-order valence-electron chi connectivity index (χ0n) is 12.2. The van der Waals surface area contributed by atoms with Gasteiger partial charge >= 0.3 is 0 Å². The van der Waals surface area contributed by atoms with Crippen LogP contribution in [0.3, 0.4) is 0 Å². The Morgan fingerprint density at radius 3 is 2.79 bits per heavy atom. The van der Waals surface area contributed by atoms with Crippen LogP contribution < -0.4 is 10.1 Å². The summed E-state index contributed by atoms with van der Waals surface area (Å²) < 4.78 is 5.61. The number of nitrogens with zero attached hydrogens (tertiary/aromatic N) is 1. The molecule has 0 bridgehead atoms. The SMILES string of the molecule is CCCOc1ccc(CN2CCC(CNC)C2)cc1. The predicted octanol–water partition coefficient (Wildman–Crippen LogP) is 2.52. The van der Waals surface area contributed by atoms with Crippen LogP contribution in [0.1, 0.15) is 25.3 Å². The van der Waals surface area contributed by atoms with Crippen LogP contribution in [0.4, 0.5) is 0 Å². The Kier molecular flexibility index (Phi) is 5.67. The molecule has 1 heterocycles. The number of rotatable bonds is 7. The van der Waals surface area contributed by atoms with Crippen molar-refractivity contribution < 1.29 is 4.74 Å². The van der Waals surface area contributed by atoms with Crippen molar-refractivity contribution in [3.05, 3.63) is 29.8 Å². The van der Waals surface area contributed by atoms with Crippen LogP contribution in [0.15, 0.2) is 24.3 Å². The van der Waals surface area contributed by atoms with E-state index in [-0.39, 0.29) is 0 Å². The van der Waals surface area contributed by atoms with Crippen molar-refractivity contribution in [2.45, 2.75) is 26.3 Å². The number of hydrogen-bond donors (Lipinski definition) is 1. The van der Waals surface area contributed by atoms with Crippen LogP contribution in [0.5, 0.6) is 5.75 Å². The molecule has 1 N–H and O–H groups in total. The van der Waals surface area contributed by atoms with Gasteiger partial charge in [0.1, 0.15) is 5.75 Å². The van der Waals surface area contributed by atoms with E-state index in [0.29, 0.717) is 0 Å². The largest absolute Gasteiger partial charge is 0.494 e. The fourth-order valence-corrected chi connectivity index (χ4v) is 2.68. The Bertz CT molecular complexity index is 364. The van der Waals surface area contributed by atoms with Crippen LogP contribution in [0, 0.1) is 5.92 Å². The van der Waals surface area contributed by atoms with Gasteiger partial charge in [0.25, 0.3) is 0 Å². The lowest BCUT2D eigenvalue weighted by atomic mass is 10.1. The number of benzene rings is 1. The van der Waals surface area contributed by atoms with E-state index in [2.05, 4.69) is 41.4 Å². The fourth-order valence-electron chi connectivity index (χ4n) is 2.68. The van der Waals surface area contributed by atoms with E-state index in [1.165, 1.54) is 25.1 Å². The van der Waals surface area contributed by atoms with Crippen molar-refractivity contribution in [1.29, 1.82) is 0 Å². The van der Waals surface area contributed by atoms with Gasteiger partial charge in [-0.2, -0.15) is 0 Å². The molecule has 0 aromatic heterocycles. The highest BCUT2D eigenvalue weighted by atomic mass is 16.5. The molecule has 0 spiro atoms. The second-order valence-electron chi connectivity index (χ2n) is 5.44. The number of nitrogens with one attached hydrogen (secondary N) is 1. The smallest absolute Gasteiger partial charge is 0.119 e. The minimum atomic E-state index is 0.803. The summed E-state index contributed by atoms with van der Waals surface area (Å²) in [5, 5.41) is 3.28. The topological polar surface area (TPSA) is 24.5 Å². The van der Waals surface area contributed by atoms with Crippen LogP contribution in [0.2, 0.25) is 0 Å². The molecular formula is C16H26N2O. The molecule has 0 saturated carbocycles. The van der Waals surface area contributed by atoms with Gasteiger partial charge in [0.15, 0.2) is 0 Å². The van der Waals surface area contributed by atoms with Gasteiger partial charge in [-0.3, -0.25) is 4.90 Å². The average molecular weight is 262 g/mol. The third-order valence-corrected chi connectivity index (χ3v) is 3.67. The normalized spacial score (nSPS) is 19.8. The van der Waals surface area contributed by atoms with Crippen LogP contribution >= 0.6 is 0 Å². The van der Waals surface area contributed by atoms with Crippen molar-refractivity contribution in [3.8, 4) is 5.75 Å². The Balaban J connectivity index is 1.80. The first-order valence-electron chi connectivity index (χ1n) is 7.40. The summed E-state index contributed by atoms with van der Waals surface area (Å²) in [5.41, 5.74) is 1.38. The summed E-state index contributed by atoms with van der Waals surface area (Å²) in [5.74, 6) is 1.80. The first-order valence-corrected chi connectivity index (χ1v) is 7.40. The van der Waals surface area contributed by atoms with Gasteiger partial charge in [-0.25, -0.2) is 0 Å². The molecular weight excluding hydrogens is 236 g/mol. The lowest BCUT2D eigenvalue weighted by Crippen LogP contribution is -2.24. The molecule has 1 aliphatic heterocycles. The first-order chi connectivity index (χ1) is 9.31. The van der Waals surface area contributed by atoms with E-state index < -0.39 is 0 Å². The van der Waals surface area contributed by atoms with Gasteiger partial charge in [-0.15, -0.1) is 0 Å². The molecule has 1 saturated heterocycles. The number of likely N-dealkylation sites (tertiary alicyclic amines) is 1. The van der Waals surface area contributed by atoms with Crippen molar-refractivity contribution >= 4 is 0 Å². The molecule has 19 heavy (non-hydrogen) atoms. The summed E-state index contributed by atoms with van der Waals surface area (Å²) in [6, 6.07) is 8.56. The summed E-state index contributed by atoms with van der Waals surface area (Å²) in [4.78, 5) is 2.55. The molecule has 1 fully saturated rings. The van der Waals surface area contributed by atoms with Gasteiger partial charge in [-0.1, -0.05) is 19.1 Å². The monoisotopic (exact) mass is 262 g/mol. The molecule has 2 rings (SSSR count). The molecule has 3 heteroatoms. The van der Waals surface area contributed by atoms with Gasteiger partial charge in [-0.05, 0) is 56.6 Å². The quantitative estimate of drug-likeness (QED) is 0.817. The second-order valence-corrected chi connectivity index (χ2v) is 5.44. The molecule has 3 nitrogen and oxygen atoms in total. The van der Waals surface area contributed by atoms with Crippen LogP contribution in [-0.2, 0) is 6.54 Å². The van der Waals surface area contributed by atoms with E-state index in [4.69, 9.17) is 4.74 Å². The molecule has 1 atom stereocenters. The second kappa shape index (κ2) is 7.51. The van der Waals surface area contributed by atoms with Crippen molar-refractivity contribution in [2.24, 2.45) is 5.92 Å². The maximum absolute atomic E-state index is 5.61. The van der Waals surface area contributed by atoms with E-state index in [1.807, 2.05) is 7.05 Å². The summed E-state index contributed by atoms with van der Waals surface area (Å²) in [7, 11) is 2.04. The minimum Gasteiger partial charge on any atom is -0.494 e. The zero-order valence-corrected chi connectivity index (χ0v) is 12.2. The Morgan fingerprint density at radius 2 is 2.11 bits per heavy atom. The molecule has 1 aliphatic rings. The Morgan fingerprint density at radius 1 is 1.32 bits per heavy atom.